The summed E-state index contributed by atoms with van der Waals surface area (Å²) in [5, 5.41) is 7.15. The molecule has 28 heavy (non-hydrogen) atoms. The van der Waals surface area contributed by atoms with Crippen LogP contribution >= 0.6 is 0 Å². The highest BCUT2D eigenvalue weighted by atomic mass is 16.6. The molecule has 0 spiro atoms. The number of hydrogen-bond acceptors (Lipinski definition) is 5. The van der Waals surface area contributed by atoms with Gasteiger partial charge >= 0.3 is 0 Å². The lowest BCUT2D eigenvalue weighted by Gasteiger charge is -2.21. The van der Waals surface area contributed by atoms with Gasteiger partial charge in [-0.05, 0) is 42.3 Å². The molecule has 0 bridgehead atoms. The van der Waals surface area contributed by atoms with E-state index in [1.54, 1.807) is 30.1 Å². The zero-order chi connectivity index (χ0) is 19.3. The molecule has 0 fully saturated rings. The third-order valence-electron chi connectivity index (χ3n) is 4.49. The van der Waals surface area contributed by atoms with Crippen molar-refractivity contribution >= 4 is 5.91 Å². The number of hydrogen-bond donors (Lipinski definition) is 1. The van der Waals surface area contributed by atoms with Gasteiger partial charge in [0.2, 0.25) is 5.75 Å². The molecule has 0 atom stereocenters. The number of aromatic nitrogens is 2. The van der Waals surface area contributed by atoms with Gasteiger partial charge in [-0.3, -0.25) is 4.79 Å². The first-order valence-electron chi connectivity index (χ1n) is 9.09. The van der Waals surface area contributed by atoms with E-state index in [4.69, 9.17) is 14.2 Å². The van der Waals surface area contributed by atoms with Crippen LogP contribution in [0.15, 0.2) is 54.9 Å². The maximum Gasteiger partial charge on any atom is 0.251 e. The van der Waals surface area contributed by atoms with Crippen molar-refractivity contribution in [2.45, 2.75) is 6.42 Å². The standard InChI is InChI=1S/C21H21N3O4/c1-26-18-13-16(14-19-20(18)28-12-11-27-19)21(25)22-9-7-15-3-5-17(6-4-15)24-10-2-8-23-24/h2-6,8,10,13-14H,7,9,11-12H2,1H3,(H,22,25). The van der Waals surface area contributed by atoms with Crippen LogP contribution in [0, 0.1) is 0 Å². The molecule has 1 aliphatic rings. The number of carbonyl (C=O) groups is 1. The molecule has 0 unspecified atom stereocenters. The van der Waals surface area contributed by atoms with Gasteiger partial charge in [0.25, 0.3) is 5.91 Å². The summed E-state index contributed by atoms with van der Waals surface area (Å²) in [6.07, 6.45) is 4.37. The van der Waals surface area contributed by atoms with Gasteiger partial charge < -0.3 is 19.5 Å². The highest BCUT2D eigenvalue weighted by Crippen LogP contribution is 2.40. The molecule has 0 saturated heterocycles. The molecule has 4 rings (SSSR count). The first-order chi connectivity index (χ1) is 13.7. The van der Waals surface area contributed by atoms with Crippen molar-refractivity contribution in [2.75, 3.05) is 26.9 Å². The Morgan fingerprint density at radius 1 is 1.21 bits per heavy atom. The molecule has 2 aromatic carbocycles. The summed E-state index contributed by atoms with van der Waals surface area (Å²) >= 11 is 0. The third kappa shape index (κ3) is 3.78. The van der Waals surface area contributed by atoms with Crippen LogP contribution in [0.3, 0.4) is 0 Å². The predicted molar refractivity (Wildman–Crippen MR) is 104 cm³/mol. The fraction of sp³-hybridized carbons (Fsp3) is 0.238. The molecule has 0 aliphatic carbocycles. The molecule has 2 heterocycles. The van der Waals surface area contributed by atoms with E-state index in [-0.39, 0.29) is 5.91 Å². The summed E-state index contributed by atoms with van der Waals surface area (Å²) in [7, 11) is 1.54. The van der Waals surface area contributed by atoms with Crippen molar-refractivity contribution in [1.29, 1.82) is 0 Å². The zero-order valence-electron chi connectivity index (χ0n) is 15.6. The molecule has 1 amide bonds. The Kier molecular flexibility index (Phi) is 5.14. The molecule has 7 heteroatoms. The molecule has 1 N–H and O–H groups in total. The number of carbonyl (C=O) groups excluding carboxylic acids is 1. The average Bonchev–Trinajstić information content (AvgIpc) is 3.28. The quantitative estimate of drug-likeness (QED) is 0.713. The maximum atomic E-state index is 12.5. The monoisotopic (exact) mass is 379 g/mol. The highest BCUT2D eigenvalue weighted by Gasteiger charge is 2.20. The molecule has 1 aromatic heterocycles. The zero-order valence-corrected chi connectivity index (χ0v) is 15.6. The molecular formula is C21H21N3O4. The first-order valence-corrected chi connectivity index (χ1v) is 9.09. The number of nitrogens with one attached hydrogen (secondary N) is 1. The lowest BCUT2D eigenvalue weighted by Crippen LogP contribution is -2.26. The molecule has 0 saturated carbocycles. The topological polar surface area (TPSA) is 74.6 Å². The summed E-state index contributed by atoms with van der Waals surface area (Å²) in [4.78, 5) is 12.5. The van der Waals surface area contributed by atoms with Crippen LogP contribution in [0.4, 0.5) is 0 Å². The lowest BCUT2D eigenvalue weighted by molar-refractivity contribution is 0.0952. The van der Waals surface area contributed by atoms with E-state index in [0.29, 0.717) is 42.6 Å². The van der Waals surface area contributed by atoms with Gasteiger partial charge in [0.15, 0.2) is 11.5 Å². The van der Waals surface area contributed by atoms with Crippen molar-refractivity contribution in [3.05, 3.63) is 66.0 Å². The van der Waals surface area contributed by atoms with Gasteiger partial charge in [-0.15, -0.1) is 0 Å². The molecular weight excluding hydrogens is 358 g/mol. The first kappa shape index (κ1) is 17.9. The van der Waals surface area contributed by atoms with E-state index in [0.717, 1.165) is 17.7 Å². The summed E-state index contributed by atoms with van der Waals surface area (Å²) in [5.41, 5.74) is 2.62. The Morgan fingerprint density at radius 3 is 2.79 bits per heavy atom. The maximum absolute atomic E-state index is 12.5. The summed E-state index contributed by atoms with van der Waals surface area (Å²) in [6.45, 7) is 1.44. The van der Waals surface area contributed by atoms with Gasteiger partial charge in [-0.25, -0.2) is 4.68 Å². The fourth-order valence-corrected chi connectivity index (χ4v) is 3.06. The summed E-state index contributed by atoms with van der Waals surface area (Å²) in [6, 6.07) is 13.3. The Hall–Kier alpha value is -3.48. The lowest BCUT2D eigenvalue weighted by atomic mass is 10.1. The number of rotatable bonds is 6. The summed E-state index contributed by atoms with van der Waals surface area (Å²) < 4.78 is 18.3. The molecule has 7 nitrogen and oxygen atoms in total. The van der Waals surface area contributed by atoms with Crippen molar-refractivity contribution in [1.82, 2.24) is 15.1 Å². The number of nitrogens with zero attached hydrogens (tertiary/aromatic N) is 2. The van der Waals surface area contributed by atoms with E-state index in [2.05, 4.69) is 10.4 Å². The minimum Gasteiger partial charge on any atom is -0.493 e. The third-order valence-corrected chi connectivity index (χ3v) is 4.49. The smallest absolute Gasteiger partial charge is 0.251 e. The molecule has 1 aliphatic heterocycles. The van der Waals surface area contributed by atoms with Gasteiger partial charge in [-0.1, -0.05) is 12.1 Å². The number of fused-ring (bicyclic) bond motifs is 1. The molecule has 0 radical (unpaired) electrons. The second-order valence-electron chi connectivity index (χ2n) is 6.33. The van der Waals surface area contributed by atoms with Crippen molar-refractivity contribution in [3.63, 3.8) is 0 Å². The molecule has 3 aromatic rings. The largest absolute Gasteiger partial charge is 0.493 e. The van der Waals surface area contributed by atoms with Crippen LogP contribution < -0.4 is 19.5 Å². The average molecular weight is 379 g/mol. The Bertz CT molecular complexity index is 935. The van der Waals surface area contributed by atoms with Crippen LogP contribution in [0.25, 0.3) is 5.69 Å². The van der Waals surface area contributed by atoms with Crippen LogP contribution in [0.5, 0.6) is 17.2 Å². The van der Waals surface area contributed by atoms with Gasteiger partial charge in [0.1, 0.15) is 13.2 Å². The van der Waals surface area contributed by atoms with Crippen LogP contribution in [0.1, 0.15) is 15.9 Å². The Morgan fingerprint density at radius 2 is 2.04 bits per heavy atom. The minimum absolute atomic E-state index is 0.177. The number of ether oxygens (including phenoxy) is 3. The van der Waals surface area contributed by atoms with Crippen molar-refractivity contribution in [2.24, 2.45) is 0 Å². The van der Waals surface area contributed by atoms with E-state index < -0.39 is 0 Å². The summed E-state index contributed by atoms with van der Waals surface area (Å²) in [5.74, 6) is 1.40. The van der Waals surface area contributed by atoms with Gasteiger partial charge in [0, 0.05) is 24.5 Å². The fourth-order valence-electron chi connectivity index (χ4n) is 3.06. The van der Waals surface area contributed by atoms with Gasteiger partial charge in [-0.2, -0.15) is 5.10 Å². The van der Waals surface area contributed by atoms with Crippen LogP contribution in [0.2, 0.25) is 0 Å². The molecule has 144 valence electrons. The van der Waals surface area contributed by atoms with E-state index >= 15 is 0 Å². The van der Waals surface area contributed by atoms with E-state index in [1.807, 2.05) is 36.5 Å². The number of benzene rings is 2. The van der Waals surface area contributed by atoms with Crippen molar-refractivity contribution in [3.8, 4) is 22.9 Å². The van der Waals surface area contributed by atoms with E-state index in [9.17, 15) is 4.79 Å². The Labute approximate surface area is 162 Å². The normalized spacial score (nSPS) is 12.5. The second kappa shape index (κ2) is 8.04. The SMILES string of the molecule is COc1cc(C(=O)NCCc2ccc(-n3cccn3)cc2)cc2c1OCCO2. The second-order valence-corrected chi connectivity index (χ2v) is 6.33. The van der Waals surface area contributed by atoms with Crippen LogP contribution in [-0.2, 0) is 6.42 Å². The van der Waals surface area contributed by atoms with Crippen LogP contribution in [-0.4, -0.2) is 42.6 Å². The Balaban J connectivity index is 1.37. The van der Waals surface area contributed by atoms with Crippen molar-refractivity contribution < 1.29 is 19.0 Å². The van der Waals surface area contributed by atoms with Gasteiger partial charge in [0.05, 0.1) is 12.8 Å². The number of methoxy groups -OCH3 is 1. The number of amides is 1. The van der Waals surface area contributed by atoms with E-state index in [1.165, 1.54) is 0 Å². The predicted octanol–water partition coefficient (Wildman–Crippen LogP) is 2.62. The highest BCUT2D eigenvalue weighted by molar-refractivity contribution is 5.95. The minimum atomic E-state index is -0.177.